The Morgan fingerprint density at radius 1 is 0.971 bits per heavy atom. The second-order valence-electron chi connectivity index (χ2n) is 8.05. The van der Waals surface area contributed by atoms with Gasteiger partial charge in [0.1, 0.15) is 6.54 Å². The van der Waals surface area contributed by atoms with Crippen LogP contribution in [0.2, 0.25) is 0 Å². The number of para-hydroxylation sites is 1. The second-order valence-corrected chi connectivity index (χ2v) is 9.05. The number of carbonyl (C=O) groups excluding carboxylic acids is 1. The Morgan fingerprint density at radius 3 is 2.40 bits per heavy atom. The number of anilines is 1. The zero-order valence-electron chi connectivity index (χ0n) is 18.7. The van der Waals surface area contributed by atoms with Crippen LogP contribution in [0.4, 0.5) is 5.13 Å². The molecule has 0 aliphatic rings. The first-order valence-electron chi connectivity index (χ1n) is 10.9. The molecule has 8 nitrogen and oxygen atoms in total. The summed E-state index contributed by atoms with van der Waals surface area (Å²) in [4.78, 5) is 44.7. The Bertz CT molecular complexity index is 1640. The van der Waals surface area contributed by atoms with Gasteiger partial charge in [-0.25, -0.2) is 14.5 Å². The zero-order valence-corrected chi connectivity index (χ0v) is 19.5. The number of aromatic nitrogens is 3. The number of thiazole rings is 1. The monoisotopic (exact) mass is 484 g/mol. The lowest BCUT2D eigenvalue weighted by atomic mass is 10.1. The molecule has 1 amide bonds. The van der Waals surface area contributed by atoms with Crippen LogP contribution in [0, 0.1) is 6.92 Å². The molecular formula is C26H20N4O4S. The van der Waals surface area contributed by atoms with Gasteiger partial charge in [-0.1, -0.05) is 72.0 Å². The van der Waals surface area contributed by atoms with Crippen molar-refractivity contribution in [3.05, 3.63) is 100.0 Å². The van der Waals surface area contributed by atoms with Crippen molar-refractivity contribution in [3.63, 3.8) is 0 Å². The van der Waals surface area contributed by atoms with Crippen molar-refractivity contribution in [1.29, 1.82) is 0 Å². The predicted octanol–water partition coefficient (Wildman–Crippen LogP) is 4.25. The van der Waals surface area contributed by atoms with E-state index >= 15 is 0 Å². The highest BCUT2D eigenvalue weighted by Crippen LogP contribution is 2.31. The first-order chi connectivity index (χ1) is 16.9. The number of carboxylic acid groups (broad SMARTS) is 1. The van der Waals surface area contributed by atoms with Gasteiger partial charge in [0.25, 0.3) is 11.5 Å². The Balaban J connectivity index is 1.58. The summed E-state index contributed by atoms with van der Waals surface area (Å²) in [5, 5.41) is 14.6. The Morgan fingerprint density at radius 2 is 1.69 bits per heavy atom. The molecule has 0 fully saturated rings. The van der Waals surface area contributed by atoms with Gasteiger partial charge in [0, 0.05) is 5.39 Å². The Hall–Kier alpha value is -4.37. The number of benzene rings is 3. The Labute approximate surface area is 203 Å². The van der Waals surface area contributed by atoms with Crippen LogP contribution in [0.15, 0.2) is 77.6 Å². The van der Waals surface area contributed by atoms with E-state index in [4.69, 9.17) is 4.98 Å². The fourth-order valence-corrected chi connectivity index (χ4v) is 4.99. The van der Waals surface area contributed by atoms with E-state index in [0.717, 1.165) is 26.0 Å². The van der Waals surface area contributed by atoms with Gasteiger partial charge in [0.15, 0.2) is 10.8 Å². The van der Waals surface area contributed by atoms with Crippen LogP contribution in [0.25, 0.3) is 21.0 Å². The van der Waals surface area contributed by atoms with Crippen molar-refractivity contribution in [2.75, 3.05) is 4.90 Å². The van der Waals surface area contributed by atoms with Crippen molar-refractivity contribution in [3.8, 4) is 0 Å². The highest BCUT2D eigenvalue weighted by Gasteiger charge is 2.23. The van der Waals surface area contributed by atoms with Crippen molar-refractivity contribution in [2.24, 2.45) is 0 Å². The molecule has 0 saturated heterocycles. The third kappa shape index (κ3) is 4.29. The largest absolute Gasteiger partial charge is 0.476 e. The van der Waals surface area contributed by atoms with Crippen molar-refractivity contribution < 1.29 is 14.7 Å². The molecule has 35 heavy (non-hydrogen) atoms. The van der Waals surface area contributed by atoms with Crippen LogP contribution < -0.4 is 10.5 Å². The number of hydrogen-bond acceptors (Lipinski definition) is 6. The van der Waals surface area contributed by atoms with Crippen molar-refractivity contribution in [1.82, 2.24) is 14.8 Å². The molecule has 2 aromatic heterocycles. The van der Waals surface area contributed by atoms with Crippen LogP contribution in [-0.2, 0) is 17.9 Å². The van der Waals surface area contributed by atoms with Gasteiger partial charge in [-0.05, 0) is 30.2 Å². The van der Waals surface area contributed by atoms with Gasteiger partial charge >= 0.3 is 5.97 Å². The van der Waals surface area contributed by atoms with E-state index in [1.165, 1.54) is 28.4 Å². The highest BCUT2D eigenvalue weighted by molar-refractivity contribution is 7.22. The minimum atomic E-state index is -1.27. The fourth-order valence-electron chi connectivity index (χ4n) is 3.93. The maximum absolute atomic E-state index is 13.6. The molecule has 174 valence electrons. The lowest BCUT2D eigenvalue weighted by molar-refractivity contribution is -0.119. The van der Waals surface area contributed by atoms with Crippen LogP contribution >= 0.6 is 11.3 Å². The van der Waals surface area contributed by atoms with E-state index in [1.807, 2.05) is 55.5 Å². The van der Waals surface area contributed by atoms with Gasteiger partial charge in [-0.15, -0.1) is 0 Å². The van der Waals surface area contributed by atoms with Crippen LogP contribution in [0.1, 0.15) is 21.6 Å². The summed E-state index contributed by atoms with van der Waals surface area (Å²) in [6.07, 6.45) is 0. The number of aromatic carboxylic acids is 1. The second kappa shape index (κ2) is 9.11. The average Bonchev–Trinajstić information content (AvgIpc) is 3.30. The molecule has 9 heteroatoms. The smallest absolute Gasteiger partial charge is 0.357 e. The number of aryl methyl sites for hydroxylation is 1. The van der Waals surface area contributed by atoms with Gasteiger partial charge in [0.2, 0.25) is 0 Å². The normalized spacial score (nSPS) is 11.1. The number of nitrogens with zero attached hydrogens (tertiary/aromatic N) is 4. The maximum atomic E-state index is 13.6. The van der Waals surface area contributed by atoms with Gasteiger partial charge in [-0.3, -0.25) is 14.5 Å². The molecule has 3 aromatic carbocycles. The minimum absolute atomic E-state index is 0.193. The summed E-state index contributed by atoms with van der Waals surface area (Å²) < 4.78 is 1.87. The molecular weight excluding hydrogens is 464 g/mol. The third-order valence-corrected chi connectivity index (χ3v) is 6.72. The lowest BCUT2D eigenvalue weighted by Gasteiger charge is -2.20. The van der Waals surface area contributed by atoms with Gasteiger partial charge < -0.3 is 5.11 Å². The highest BCUT2D eigenvalue weighted by atomic mass is 32.1. The molecule has 1 N–H and O–H groups in total. The summed E-state index contributed by atoms with van der Waals surface area (Å²) in [7, 11) is 0. The van der Waals surface area contributed by atoms with Crippen molar-refractivity contribution in [2.45, 2.75) is 20.0 Å². The molecule has 2 heterocycles. The van der Waals surface area contributed by atoms with E-state index in [-0.39, 0.29) is 23.0 Å². The standard InChI is InChI=1S/C26H20N4O4S/c1-16-8-7-13-20-22(16)27-26(35-20)29(14-17-9-3-2-4-10-17)21(31)15-30-24(32)19-12-6-5-11-18(19)23(28-30)25(33)34/h2-13H,14-15H2,1H3,(H,33,34). The number of rotatable bonds is 6. The van der Waals surface area contributed by atoms with Crippen molar-refractivity contribution >= 4 is 49.3 Å². The maximum Gasteiger partial charge on any atom is 0.357 e. The molecule has 0 saturated carbocycles. The van der Waals surface area contributed by atoms with E-state index in [2.05, 4.69) is 5.10 Å². The fraction of sp³-hybridized carbons (Fsp3) is 0.115. The molecule has 5 rings (SSSR count). The SMILES string of the molecule is Cc1cccc2sc(N(Cc3ccccc3)C(=O)Cn3nc(C(=O)O)c4ccccc4c3=O)nc12. The minimum Gasteiger partial charge on any atom is -0.476 e. The van der Waals surface area contributed by atoms with E-state index in [0.29, 0.717) is 5.13 Å². The number of amides is 1. The van der Waals surface area contributed by atoms with E-state index in [9.17, 15) is 19.5 Å². The first-order valence-corrected chi connectivity index (χ1v) is 11.7. The van der Waals surface area contributed by atoms with E-state index in [1.54, 1.807) is 12.1 Å². The molecule has 0 atom stereocenters. The molecule has 0 aliphatic heterocycles. The summed E-state index contributed by atoms with van der Waals surface area (Å²) in [6, 6.07) is 21.7. The topological polar surface area (TPSA) is 105 Å². The Kier molecular flexibility index (Phi) is 5.84. The predicted molar refractivity (Wildman–Crippen MR) is 135 cm³/mol. The van der Waals surface area contributed by atoms with Gasteiger partial charge in [0.05, 0.1) is 22.1 Å². The van der Waals surface area contributed by atoms with Crippen LogP contribution in [0.3, 0.4) is 0 Å². The summed E-state index contributed by atoms with van der Waals surface area (Å²) in [5.41, 5.74) is 1.89. The number of carbonyl (C=O) groups is 2. The van der Waals surface area contributed by atoms with Crippen LogP contribution in [0.5, 0.6) is 0 Å². The number of fused-ring (bicyclic) bond motifs is 2. The molecule has 0 radical (unpaired) electrons. The summed E-state index contributed by atoms with van der Waals surface area (Å²) >= 11 is 1.38. The summed E-state index contributed by atoms with van der Waals surface area (Å²) in [5.74, 6) is -1.70. The quantitative estimate of drug-likeness (QED) is 0.386. The molecule has 0 bridgehead atoms. The molecule has 0 unspecified atom stereocenters. The summed E-state index contributed by atoms with van der Waals surface area (Å²) in [6.45, 7) is 1.78. The lowest BCUT2D eigenvalue weighted by Crippen LogP contribution is -2.37. The number of carboxylic acids is 1. The van der Waals surface area contributed by atoms with E-state index < -0.39 is 24.0 Å². The molecule has 0 aliphatic carbocycles. The molecule has 5 aromatic rings. The van der Waals surface area contributed by atoms with Crippen LogP contribution in [-0.4, -0.2) is 31.7 Å². The first kappa shape index (κ1) is 22.4. The zero-order chi connectivity index (χ0) is 24.5. The molecule has 0 spiro atoms. The average molecular weight is 485 g/mol. The van der Waals surface area contributed by atoms with Gasteiger partial charge in [-0.2, -0.15) is 5.10 Å². The number of hydrogen-bond donors (Lipinski definition) is 1. The third-order valence-electron chi connectivity index (χ3n) is 5.68.